The molecule has 1 fully saturated rings. The van der Waals surface area contributed by atoms with E-state index in [-0.39, 0.29) is 35.6 Å². The first-order valence-corrected chi connectivity index (χ1v) is 18.6. The van der Waals surface area contributed by atoms with Crippen molar-refractivity contribution in [1.29, 1.82) is 0 Å². The molecule has 0 spiro atoms. The second kappa shape index (κ2) is 16.9. The van der Waals surface area contributed by atoms with Crippen molar-refractivity contribution in [3.8, 4) is 11.5 Å². The number of rotatable bonds is 14. The van der Waals surface area contributed by atoms with E-state index in [0.29, 0.717) is 22.0 Å². The molecule has 0 saturated heterocycles. The van der Waals surface area contributed by atoms with Gasteiger partial charge in [-0.05, 0) is 61.2 Å². The number of anilines is 1. The van der Waals surface area contributed by atoms with Crippen molar-refractivity contribution in [2.24, 2.45) is 0 Å². The molecule has 0 aliphatic heterocycles. The molecule has 264 valence electrons. The van der Waals surface area contributed by atoms with Gasteiger partial charge in [0.15, 0.2) is 11.5 Å². The maximum absolute atomic E-state index is 14.8. The average Bonchev–Trinajstić information content (AvgIpc) is 3.13. The van der Waals surface area contributed by atoms with Crippen LogP contribution in [0.4, 0.5) is 5.69 Å². The van der Waals surface area contributed by atoms with Crippen molar-refractivity contribution in [3.63, 3.8) is 0 Å². The summed E-state index contributed by atoms with van der Waals surface area (Å²) >= 11 is 6.63. The molecule has 4 aromatic carbocycles. The van der Waals surface area contributed by atoms with Crippen LogP contribution in [-0.4, -0.2) is 58.0 Å². The van der Waals surface area contributed by atoms with Gasteiger partial charge in [0.1, 0.15) is 12.6 Å². The molecule has 1 N–H and O–H groups in total. The third-order valence-corrected chi connectivity index (χ3v) is 11.2. The SMILES string of the molecule is COc1ccc(S(=O)(=O)N(CC(=O)N(Cc2ccccc2Cl)[C@H](Cc2ccccc2)C(=O)NC2CCCCC2)c2ccc(C)cc2)cc1OC. The standard InChI is InChI=1S/C39H44ClN3O6S/c1-28-18-20-32(21-19-28)43(50(46,47)33-22-23-36(48-2)37(25-33)49-3)27-38(44)42(26-30-14-10-11-17-34(30)40)35(24-29-12-6-4-7-13-29)39(45)41-31-15-8-5-9-16-31/h4,6-7,10-14,17-23,25,31,35H,5,8-9,15-16,24,26-27H2,1-3H3,(H,41,45)/t35-/m1/s1. The van der Waals surface area contributed by atoms with E-state index in [1.54, 1.807) is 42.5 Å². The topological polar surface area (TPSA) is 105 Å². The predicted molar refractivity (Wildman–Crippen MR) is 196 cm³/mol. The van der Waals surface area contributed by atoms with E-state index in [1.165, 1.54) is 37.3 Å². The molecule has 4 aromatic rings. The van der Waals surface area contributed by atoms with Gasteiger partial charge in [-0.2, -0.15) is 0 Å². The van der Waals surface area contributed by atoms with E-state index in [1.807, 2.05) is 43.3 Å². The highest BCUT2D eigenvalue weighted by Gasteiger charge is 2.36. The first kappa shape index (κ1) is 36.7. The Morgan fingerprint density at radius 1 is 0.860 bits per heavy atom. The van der Waals surface area contributed by atoms with Crippen LogP contribution in [0.15, 0.2) is 102 Å². The molecule has 1 atom stereocenters. The third kappa shape index (κ3) is 8.97. The number of nitrogens with zero attached hydrogens (tertiary/aromatic N) is 2. The first-order chi connectivity index (χ1) is 24.1. The minimum absolute atomic E-state index is 0.00118. The summed E-state index contributed by atoms with van der Waals surface area (Å²) in [5.74, 6) is -0.255. The molecule has 2 amide bonds. The number of sulfonamides is 1. The summed E-state index contributed by atoms with van der Waals surface area (Å²) in [7, 11) is -1.45. The van der Waals surface area contributed by atoms with Crippen LogP contribution in [-0.2, 0) is 32.6 Å². The monoisotopic (exact) mass is 717 g/mol. The van der Waals surface area contributed by atoms with Gasteiger partial charge < -0.3 is 19.7 Å². The summed E-state index contributed by atoms with van der Waals surface area (Å²) in [6.07, 6.45) is 5.13. The number of ether oxygens (including phenoxy) is 2. The molecule has 9 nitrogen and oxygen atoms in total. The van der Waals surface area contributed by atoms with Gasteiger partial charge in [-0.1, -0.05) is 97.1 Å². The van der Waals surface area contributed by atoms with Crippen LogP contribution in [0.2, 0.25) is 5.02 Å². The number of carbonyl (C=O) groups is 2. The third-order valence-electron chi connectivity index (χ3n) is 9.06. The van der Waals surface area contributed by atoms with Crippen LogP contribution >= 0.6 is 11.6 Å². The van der Waals surface area contributed by atoms with E-state index in [4.69, 9.17) is 21.1 Å². The second-order valence-electron chi connectivity index (χ2n) is 12.5. The lowest BCUT2D eigenvalue weighted by Crippen LogP contribution is -2.55. The zero-order valence-corrected chi connectivity index (χ0v) is 30.3. The summed E-state index contributed by atoms with van der Waals surface area (Å²) in [5, 5.41) is 3.66. The van der Waals surface area contributed by atoms with Crippen molar-refractivity contribution in [2.45, 2.75) is 69.0 Å². The van der Waals surface area contributed by atoms with Crippen LogP contribution in [0.25, 0.3) is 0 Å². The molecule has 0 unspecified atom stereocenters. The lowest BCUT2D eigenvalue weighted by Gasteiger charge is -2.35. The Morgan fingerprint density at radius 3 is 2.18 bits per heavy atom. The molecule has 0 radical (unpaired) electrons. The summed E-state index contributed by atoms with van der Waals surface area (Å²) in [4.78, 5) is 30.5. The Kier molecular flexibility index (Phi) is 12.4. The van der Waals surface area contributed by atoms with E-state index in [2.05, 4.69) is 5.32 Å². The number of hydrogen-bond acceptors (Lipinski definition) is 6. The predicted octanol–water partition coefficient (Wildman–Crippen LogP) is 6.95. The Bertz CT molecular complexity index is 1860. The van der Waals surface area contributed by atoms with Crippen molar-refractivity contribution in [2.75, 3.05) is 25.1 Å². The van der Waals surface area contributed by atoms with E-state index < -0.39 is 28.5 Å². The normalized spacial score (nSPS) is 14.0. The molecule has 0 heterocycles. The molecule has 11 heteroatoms. The van der Waals surface area contributed by atoms with Gasteiger partial charge in [0.2, 0.25) is 11.8 Å². The van der Waals surface area contributed by atoms with Crippen molar-refractivity contribution < 1.29 is 27.5 Å². The molecule has 1 saturated carbocycles. The summed E-state index contributed by atoms with van der Waals surface area (Å²) in [6, 6.07) is 26.9. The highest BCUT2D eigenvalue weighted by Crippen LogP contribution is 2.33. The Morgan fingerprint density at radius 2 is 1.52 bits per heavy atom. The van der Waals surface area contributed by atoms with Gasteiger partial charge in [0, 0.05) is 30.1 Å². The van der Waals surface area contributed by atoms with Crippen LogP contribution in [0.5, 0.6) is 11.5 Å². The Hall–Kier alpha value is -4.54. The van der Waals surface area contributed by atoms with Gasteiger partial charge >= 0.3 is 0 Å². The molecule has 1 aliphatic carbocycles. The highest BCUT2D eigenvalue weighted by atomic mass is 35.5. The number of aryl methyl sites for hydroxylation is 1. The smallest absolute Gasteiger partial charge is 0.264 e. The number of benzene rings is 4. The summed E-state index contributed by atoms with van der Waals surface area (Å²) < 4.78 is 40.8. The summed E-state index contributed by atoms with van der Waals surface area (Å²) in [5.41, 5.74) is 2.71. The lowest BCUT2D eigenvalue weighted by molar-refractivity contribution is -0.140. The minimum Gasteiger partial charge on any atom is -0.493 e. The highest BCUT2D eigenvalue weighted by molar-refractivity contribution is 7.92. The fourth-order valence-electron chi connectivity index (χ4n) is 6.25. The molecular weight excluding hydrogens is 674 g/mol. The van der Waals surface area contributed by atoms with Gasteiger partial charge in [-0.25, -0.2) is 8.42 Å². The zero-order chi connectivity index (χ0) is 35.7. The summed E-state index contributed by atoms with van der Waals surface area (Å²) in [6.45, 7) is 1.31. The van der Waals surface area contributed by atoms with Crippen molar-refractivity contribution in [3.05, 3.63) is 119 Å². The minimum atomic E-state index is -4.34. The van der Waals surface area contributed by atoms with Crippen molar-refractivity contribution in [1.82, 2.24) is 10.2 Å². The van der Waals surface area contributed by atoms with Gasteiger partial charge in [0.05, 0.1) is 24.8 Å². The van der Waals surface area contributed by atoms with E-state index in [9.17, 15) is 18.0 Å². The number of methoxy groups -OCH3 is 2. The van der Waals surface area contributed by atoms with Crippen molar-refractivity contribution >= 4 is 39.1 Å². The lowest BCUT2D eigenvalue weighted by atomic mass is 9.94. The van der Waals surface area contributed by atoms with Crippen LogP contribution in [0.1, 0.15) is 48.8 Å². The molecular formula is C39H44ClN3O6S. The van der Waals surface area contributed by atoms with Crippen LogP contribution in [0.3, 0.4) is 0 Å². The van der Waals surface area contributed by atoms with Crippen LogP contribution in [0, 0.1) is 6.92 Å². The molecule has 1 aliphatic rings. The van der Waals surface area contributed by atoms with Gasteiger partial charge in [0.25, 0.3) is 10.0 Å². The average molecular weight is 718 g/mol. The Balaban J connectivity index is 1.58. The van der Waals surface area contributed by atoms with Crippen LogP contribution < -0.4 is 19.1 Å². The maximum atomic E-state index is 14.8. The largest absolute Gasteiger partial charge is 0.493 e. The number of hydrogen-bond donors (Lipinski definition) is 1. The number of halogens is 1. The number of amides is 2. The van der Waals surface area contributed by atoms with Gasteiger partial charge in [-0.15, -0.1) is 0 Å². The molecule has 5 rings (SSSR count). The fraction of sp³-hybridized carbons (Fsp3) is 0.333. The quantitative estimate of drug-likeness (QED) is 0.151. The van der Waals surface area contributed by atoms with E-state index >= 15 is 0 Å². The molecule has 0 bridgehead atoms. The molecule has 0 aromatic heterocycles. The maximum Gasteiger partial charge on any atom is 0.264 e. The second-order valence-corrected chi connectivity index (χ2v) is 14.8. The van der Waals surface area contributed by atoms with E-state index in [0.717, 1.165) is 47.5 Å². The Labute approximate surface area is 300 Å². The first-order valence-electron chi connectivity index (χ1n) is 16.8. The van der Waals surface area contributed by atoms with Gasteiger partial charge in [-0.3, -0.25) is 13.9 Å². The molecule has 50 heavy (non-hydrogen) atoms. The number of nitrogens with one attached hydrogen (secondary N) is 1. The number of carbonyl (C=O) groups excluding carboxylic acids is 2. The fourth-order valence-corrected chi connectivity index (χ4v) is 7.88. The zero-order valence-electron chi connectivity index (χ0n) is 28.7.